The van der Waals surface area contributed by atoms with Gasteiger partial charge in [-0.25, -0.2) is 22.9 Å². The van der Waals surface area contributed by atoms with Crippen molar-refractivity contribution in [3.63, 3.8) is 0 Å². The topological polar surface area (TPSA) is 143 Å². The summed E-state index contributed by atoms with van der Waals surface area (Å²) in [6, 6.07) is 14.2. The van der Waals surface area contributed by atoms with Gasteiger partial charge in [-0.1, -0.05) is 0 Å². The van der Waals surface area contributed by atoms with Crippen molar-refractivity contribution in [3.8, 4) is 11.8 Å². The van der Waals surface area contributed by atoms with Gasteiger partial charge in [0.05, 0.1) is 11.1 Å². The van der Waals surface area contributed by atoms with Crippen LogP contribution >= 0.6 is 0 Å². The first-order valence-corrected chi connectivity index (χ1v) is 10.1. The summed E-state index contributed by atoms with van der Waals surface area (Å²) in [7, 11) is -3.79. The monoisotopic (exact) mass is 428 g/mol. The minimum absolute atomic E-state index is 0.0352. The first kappa shape index (κ1) is 21.0. The number of rotatable bonds is 7. The van der Waals surface area contributed by atoms with Crippen molar-refractivity contribution < 1.29 is 17.5 Å². The van der Waals surface area contributed by atoms with E-state index < -0.39 is 21.9 Å². The lowest BCUT2D eigenvalue weighted by Crippen LogP contribution is -2.11. The molecule has 30 heavy (non-hydrogen) atoms. The van der Waals surface area contributed by atoms with Gasteiger partial charge in [0.25, 0.3) is 0 Å². The Kier molecular flexibility index (Phi) is 6.10. The zero-order valence-electron chi connectivity index (χ0n) is 15.7. The fourth-order valence-electron chi connectivity index (χ4n) is 2.36. The molecule has 0 aliphatic rings. The highest BCUT2D eigenvalue weighted by Crippen LogP contribution is 2.23. The smallest absolute Gasteiger partial charge is 0.238 e. The van der Waals surface area contributed by atoms with E-state index in [1.54, 1.807) is 31.2 Å². The number of primary sulfonamides is 1. The zero-order valence-corrected chi connectivity index (χ0v) is 16.5. The fraction of sp³-hybridized carbons (Fsp3) is 0.105. The molecule has 0 bridgehead atoms. The Hall–Kier alpha value is -3.75. The average molecular weight is 428 g/mol. The molecule has 2 aromatic carbocycles. The zero-order chi connectivity index (χ0) is 21.7. The third-order valence-electron chi connectivity index (χ3n) is 3.79. The second kappa shape index (κ2) is 8.73. The second-order valence-electron chi connectivity index (χ2n) is 6.12. The third kappa shape index (κ3) is 5.40. The minimum Gasteiger partial charge on any atom is -0.476 e. The normalized spacial score (nSPS) is 11.9. The van der Waals surface area contributed by atoms with E-state index in [-0.39, 0.29) is 16.7 Å². The van der Waals surface area contributed by atoms with Crippen molar-refractivity contribution >= 4 is 33.2 Å². The number of ether oxygens (including phenoxy) is 1. The van der Waals surface area contributed by atoms with Gasteiger partial charge in [0.1, 0.15) is 11.8 Å². The van der Waals surface area contributed by atoms with Crippen molar-refractivity contribution in [3.05, 3.63) is 60.5 Å². The largest absolute Gasteiger partial charge is 0.476 e. The quantitative estimate of drug-likeness (QED) is 0.521. The Morgan fingerprint density at radius 3 is 2.30 bits per heavy atom. The number of nitriles is 1. The van der Waals surface area contributed by atoms with Crippen LogP contribution in [0.5, 0.6) is 5.75 Å². The Bertz CT molecular complexity index is 1180. The van der Waals surface area contributed by atoms with Gasteiger partial charge in [-0.05, 0) is 55.5 Å². The number of nitrogens with zero attached hydrogens (tertiary/aromatic N) is 3. The molecule has 0 radical (unpaired) electrons. The van der Waals surface area contributed by atoms with Crippen molar-refractivity contribution in [1.82, 2.24) is 9.97 Å². The second-order valence-corrected chi connectivity index (χ2v) is 7.68. The number of nitrogens with one attached hydrogen (secondary N) is 2. The van der Waals surface area contributed by atoms with Crippen LogP contribution in [0.2, 0.25) is 0 Å². The minimum atomic E-state index is -3.79. The number of aromatic nitrogens is 2. The maximum Gasteiger partial charge on any atom is 0.238 e. The lowest BCUT2D eigenvalue weighted by molar-refractivity contribution is 0.276. The fourth-order valence-corrected chi connectivity index (χ4v) is 2.87. The van der Waals surface area contributed by atoms with Crippen LogP contribution in [0.15, 0.2) is 59.6 Å². The molecule has 1 atom stereocenters. The summed E-state index contributed by atoms with van der Waals surface area (Å²) >= 11 is 0. The summed E-state index contributed by atoms with van der Waals surface area (Å²) in [6.07, 6.45) is 0.415. The Morgan fingerprint density at radius 2 is 1.70 bits per heavy atom. The highest BCUT2D eigenvalue weighted by Gasteiger charge is 2.10. The third-order valence-corrected chi connectivity index (χ3v) is 4.72. The molecule has 1 heterocycles. The van der Waals surface area contributed by atoms with Gasteiger partial charge in [-0.3, -0.25) is 0 Å². The van der Waals surface area contributed by atoms with Crippen LogP contribution in [0, 0.1) is 17.1 Å². The van der Waals surface area contributed by atoms with E-state index in [0.29, 0.717) is 17.1 Å². The molecule has 11 heteroatoms. The summed E-state index contributed by atoms with van der Waals surface area (Å²) in [6.45, 7) is 1.62. The summed E-state index contributed by atoms with van der Waals surface area (Å²) < 4.78 is 42.1. The van der Waals surface area contributed by atoms with E-state index in [4.69, 9.17) is 15.1 Å². The van der Waals surface area contributed by atoms with Gasteiger partial charge in [0, 0.05) is 11.4 Å². The van der Waals surface area contributed by atoms with Crippen LogP contribution < -0.4 is 20.5 Å². The Morgan fingerprint density at radius 1 is 1.10 bits per heavy atom. The van der Waals surface area contributed by atoms with Crippen LogP contribution in [-0.4, -0.2) is 24.5 Å². The molecule has 9 nitrogen and oxygen atoms in total. The van der Waals surface area contributed by atoms with Crippen LogP contribution in [0.4, 0.5) is 27.5 Å². The summed E-state index contributed by atoms with van der Waals surface area (Å²) in [5, 5.41) is 19.5. The molecule has 0 spiro atoms. The molecule has 1 unspecified atom stereocenters. The first-order valence-electron chi connectivity index (χ1n) is 8.60. The molecule has 154 valence electrons. The molecule has 3 aromatic rings. The van der Waals surface area contributed by atoms with Crippen molar-refractivity contribution in [2.24, 2.45) is 5.14 Å². The Labute approximate surface area is 172 Å². The summed E-state index contributed by atoms with van der Waals surface area (Å²) in [5.41, 5.74) is 1.04. The van der Waals surface area contributed by atoms with Gasteiger partial charge in [-0.15, -0.1) is 0 Å². The summed E-state index contributed by atoms with van der Waals surface area (Å²) in [5.74, 6) is -0.121. The van der Waals surface area contributed by atoms with Gasteiger partial charge < -0.3 is 15.4 Å². The maximum absolute atomic E-state index is 14.1. The molecule has 0 aliphatic heterocycles. The molecule has 3 rings (SSSR count). The van der Waals surface area contributed by atoms with Gasteiger partial charge in [0.15, 0.2) is 17.7 Å². The molecule has 0 saturated carbocycles. The molecule has 1 aromatic heterocycles. The van der Waals surface area contributed by atoms with Gasteiger partial charge in [0.2, 0.25) is 16.0 Å². The van der Waals surface area contributed by atoms with Crippen LogP contribution in [-0.2, 0) is 10.0 Å². The highest BCUT2D eigenvalue weighted by molar-refractivity contribution is 7.89. The number of benzene rings is 2. The number of nitrogens with two attached hydrogens (primary N) is 1. The number of hydrogen-bond donors (Lipinski definition) is 3. The number of halogens is 1. The van der Waals surface area contributed by atoms with Crippen molar-refractivity contribution in [1.29, 1.82) is 5.26 Å². The predicted octanol–water partition coefficient (Wildman–Crippen LogP) is 3.04. The maximum atomic E-state index is 14.1. The SMILES string of the molecule is CC(C#N)Oc1ccc(Nc2nc(Nc3ccc(S(N)(=O)=O)cc3)ncc2F)cc1. The van der Waals surface area contributed by atoms with Gasteiger partial charge >= 0.3 is 0 Å². The Balaban J connectivity index is 1.73. The number of sulfonamides is 1. The van der Waals surface area contributed by atoms with E-state index in [0.717, 1.165) is 6.20 Å². The molecule has 0 aliphatic carbocycles. The van der Waals surface area contributed by atoms with E-state index in [9.17, 15) is 12.8 Å². The number of anilines is 4. The van der Waals surface area contributed by atoms with Crippen molar-refractivity contribution in [2.75, 3.05) is 10.6 Å². The average Bonchev–Trinajstić information content (AvgIpc) is 2.71. The molecule has 0 fully saturated rings. The molecule has 4 N–H and O–H groups in total. The number of hydrogen-bond acceptors (Lipinski definition) is 8. The molecular weight excluding hydrogens is 411 g/mol. The highest BCUT2D eigenvalue weighted by atomic mass is 32.2. The lowest BCUT2D eigenvalue weighted by atomic mass is 10.3. The molecule has 0 saturated heterocycles. The van der Waals surface area contributed by atoms with E-state index in [1.165, 1.54) is 24.3 Å². The van der Waals surface area contributed by atoms with Crippen LogP contribution in [0.3, 0.4) is 0 Å². The van der Waals surface area contributed by atoms with Gasteiger partial charge in [-0.2, -0.15) is 10.2 Å². The van der Waals surface area contributed by atoms with E-state index >= 15 is 0 Å². The van der Waals surface area contributed by atoms with E-state index in [2.05, 4.69) is 20.6 Å². The first-order chi connectivity index (χ1) is 14.2. The molecular formula is C19H17FN6O3S. The van der Waals surface area contributed by atoms with Crippen molar-refractivity contribution in [2.45, 2.75) is 17.9 Å². The lowest BCUT2D eigenvalue weighted by Gasteiger charge is -2.11. The van der Waals surface area contributed by atoms with Crippen LogP contribution in [0.1, 0.15) is 6.92 Å². The standard InChI is InChI=1S/C19H17FN6O3S/c1-12(10-21)29-15-6-2-13(3-7-15)24-18-17(20)11-23-19(26-18)25-14-4-8-16(9-5-14)30(22,27)28/h2-9,11-12H,1H3,(H2,22,27,28)(H2,23,24,25,26). The molecule has 0 amide bonds. The summed E-state index contributed by atoms with van der Waals surface area (Å²) in [4.78, 5) is 7.93. The van der Waals surface area contributed by atoms with E-state index in [1.807, 2.05) is 6.07 Å². The predicted molar refractivity (Wildman–Crippen MR) is 109 cm³/mol. The van der Waals surface area contributed by atoms with Crippen LogP contribution in [0.25, 0.3) is 0 Å².